The van der Waals surface area contributed by atoms with Gasteiger partial charge in [-0.05, 0) is 75.9 Å². The van der Waals surface area contributed by atoms with E-state index in [9.17, 15) is 0 Å². The van der Waals surface area contributed by atoms with Gasteiger partial charge in [0.15, 0.2) is 0 Å². The predicted octanol–water partition coefficient (Wildman–Crippen LogP) is 6.47. The molecule has 4 rings (SSSR count). The second-order valence-electron chi connectivity index (χ2n) is 9.27. The maximum absolute atomic E-state index is 5.76. The summed E-state index contributed by atoms with van der Waals surface area (Å²) in [5.74, 6) is 0.738. The molecule has 5 heteroatoms. The van der Waals surface area contributed by atoms with E-state index >= 15 is 0 Å². The van der Waals surface area contributed by atoms with Gasteiger partial charge < -0.3 is 15.1 Å². The van der Waals surface area contributed by atoms with Gasteiger partial charge in [0.1, 0.15) is 4.99 Å². The summed E-state index contributed by atoms with van der Waals surface area (Å²) in [6.07, 6.45) is 5.05. The van der Waals surface area contributed by atoms with Gasteiger partial charge in [0.05, 0.1) is 11.4 Å². The summed E-state index contributed by atoms with van der Waals surface area (Å²) in [6, 6.07) is 16.0. The molecular weight excluding hydrogens is 418 g/mol. The van der Waals surface area contributed by atoms with Crippen molar-refractivity contribution < 1.29 is 0 Å². The fourth-order valence-electron chi connectivity index (χ4n) is 4.63. The first-order valence-electron chi connectivity index (χ1n) is 11.7. The number of hydrogen-bond acceptors (Lipinski definition) is 4. The lowest BCUT2D eigenvalue weighted by atomic mass is 10.1. The van der Waals surface area contributed by atoms with Crippen molar-refractivity contribution in [2.45, 2.75) is 62.3 Å². The van der Waals surface area contributed by atoms with E-state index in [0.717, 1.165) is 36.0 Å². The van der Waals surface area contributed by atoms with Crippen LogP contribution in [0.1, 0.15) is 52.0 Å². The Labute approximate surface area is 197 Å². The highest BCUT2D eigenvalue weighted by molar-refractivity contribution is 7.99. The molecule has 0 aliphatic carbocycles. The van der Waals surface area contributed by atoms with Crippen molar-refractivity contribution in [3.63, 3.8) is 0 Å². The van der Waals surface area contributed by atoms with E-state index in [1.807, 2.05) is 11.8 Å². The molecule has 0 radical (unpaired) electrons. The number of nitrogens with one attached hydrogen (secondary N) is 1. The Morgan fingerprint density at radius 1 is 1.03 bits per heavy atom. The summed E-state index contributed by atoms with van der Waals surface area (Å²) < 4.78 is 0. The van der Waals surface area contributed by atoms with Crippen molar-refractivity contribution >= 4 is 40.3 Å². The molecule has 166 valence electrons. The Balaban J connectivity index is 1.57. The maximum atomic E-state index is 5.76. The Hall–Kier alpha value is -1.56. The second-order valence-corrected chi connectivity index (χ2v) is 10.8. The minimum Gasteiger partial charge on any atom is -0.376 e. The highest BCUT2D eigenvalue weighted by Gasteiger charge is 2.29. The van der Waals surface area contributed by atoms with Gasteiger partial charge in [-0.1, -0.05) is 56.0 Å². The minimum absolute atomic E-state index is 0.404. The number of rotatable bonds is 8. The van der Waals surface area contributed by atoms with Gasteiger partial charge in [-0.25, -0.2) is 0 Å². The Morgan fingerprint density at radius 2 is 1.77 bits per heavy atom. The third kappa shape index (κ3) is 5.44. The van der Waals surface area contributed by atoms with Crippen LogP contribution in [0.5, 0.6) is 0 Å². The van der Waals surface area contributed by atoms with Crippen LogP contribution < -0.4 is 10.2 Å². The quantitative estimate of drug-likeness (QED) is 0.363. The Morgan fingerprint density at radius 3 is 2.55 bits per heavy atom. The molecule has 0 spiro atoms. The molecule has 0 saturated carbocycles. The summed E-state index contributed by atoms with van der Waals surface area (Å²) in [6.45, 7) is 11.4. The first kappa shape index (κ1) is 22.6. The normalized spacial score (nSPS) is 16.8. The SMILES string of the molecule is CC(C)CCCNC(=S)c1ccc2c(c1)N(C(C)CN1CCCC1)c1ccccc1S2. The lowest BCUT2D eigenvalue weighted by Gasteiger charge is -2.39. The average Bonchev–Trinajstić information content (AvgIpc) is 3.27. The molecule has 2 aromatic rings. The molecule has 1 unspecified atom stereocenters. The molecule has 2 heterocycles. The van der Waals surface area contributed by atoms with Gasteiger partial charge in [-0.3, -0.25) is 0 Å². The van der Waals surface area contributed by atoms with Crippen molar-refractivity contribution in [1.82, 2.24) is 10.2 Å². The summed E-state index contributed by atoms with van der Waals surface area (Å²) in [4.78, 5) is 8.68. The molecule has 1 N–H and O–H groups in total. The zero-order chi connectivity index (χ0) is 21.8. The van der Waals surface area contributed by atoms with Crippen molar-refractivity contribution in [3.05, 3.63) is 48.0 Å². The number of fused-ring (bicyclic) bond motifs is 2. The van der Waals surface area contributed by atoms with Gasteiger partial charge in [-0.15, -0.1) is 0 Å². The molecule has 1 atom stereocenters. The summed E-state index contributed by atoms with van der Waals surface area (Å²) in [5, 5.41) is 3.48. The molecule has 1 saturated heterocycles. The fourth-order valence-corrected chi connectivity index (χ4v) is 5.92. The summed E-state index contributed by atoms with van der Waals surface area (Å²) in [5.41, 5.74) is 3.73. The molecule has 0 bridgehead atoms. The fraction of sp³-hybridized carbons (Fsp3) is 0.500. The van der Waals surface area contributed by atoms with Crippen LogP contribution in [0.2, 0.25) is 0 Å². The zero-order valence-electron chi connectivity index (χ0n) is 19.1. The molecule has 0 amide bonds. The van der Waals surface area contributed by atoms with Crippen molar-refractivity contribution in [2.75, 3.05) is 31.1 Å². The van der Waals surface area contributed by atoms with E-state index in [-0.39, 0.29) is 0 Å². The minimum atomic E-state index is 0.404. The molecule has 1 fully saturated rings. The van der Waals surface area contributed by atoms with Gasteiger partial charge in [-0.2, -0.15) is 0 Å². The highest BCUT2D eigenvalue weighted by Crippen LogP contribution is 2.49. The first-order valence-corrected chi connectivity index (χ1v) is 13.0. The van der Waals surface area contributed by atoms with Crippen LogP contribution in [0.3, 0.4) is 0 Å². The zero-order valence-corrected chi connectivity index (χ0v) is 20.7. The number of thiocarbonyl (C=S) groups is 1. The maximum Gasteiger partial charge on any atom is 0.106 e. The van der Waals surface area contributed by atoms with Gasteiger partial charge in [0.25, 0.3) is 0 Å². The molecule has 2 aliphatic rings. The number of nitrogens with zero attached hydrogens (tertiary/aromatic N) is 2. The van der Waals surface area contributed by atoms with E-state index in [4.69, 9.17) is 12.2 Å². The van der Waals surface area contributed by atoms with Crippen molar-refractivity contribution in [3.8, 4) is 0 Å². The Bertz CT molecular complexity index is 905. The van der Waals surface area contributed by atoms with Crippen LogP contribution in [0.15, 0.2) is 52.3 Å². The van der Waals surface area contributed by atoms with Crippen LogP contribution in [-0.4, -0.2) is 42.1 Å². The Kier molecular flexibility index (Phi) is 7.57. The third-order valence-electron chi connectivity index (χ3n) is 6.23. The van der Waals surface area contributed by atoms with Crippen LogP contribution in [0, 0.1) is 5.92 Å². The van der Waals surface area contributed by atoms with Crippen LogP contribution >= 0.6 is 24.0 Å². The molecule has 31 heavy (non-hydrogen) atoms. The lowest BCUT2D eigenvalue weighted by Crippen LogP contribution is -2.40. The molecule has 2 aliphatic heterocycles. The van der Waals surface area contributed by atoms with Crippen molar-refractivity contribution in [2.24, 2.45) is 5.92 Å². The standard InChI is InChI=1S/C26H35N3S2/c1-19(2)9-8-14-27-26(30)21-12-13-25-23(17-21)29(20(3)18-28-15-6-7-16-28)22-10-4-5-11-24(22)31-25/h4-5,10-13,17,19-20H,6-9,14-16,18H2,1-3H3,(H,27,30). The number of hydrogen-bond donors (Lipinski definition) is 1. The van der Waals surface area contributed by atoms with Crippen LogP contribution in [0.4, 0.5) is 11.4 Å². The number of para-hydroxylation sites is 1. The van der Waals surface area contributed by atoms with E-state index in [1.165, 1.54) is 53.5 Å². The van der Waals surface area contributed by atoms with Gasteiger partial charge >= 0.3 is 0 Å². The summed E-state index contributed by atoms with van der Waals surface area (Å²) >= 11 is 7.63. The monoisotopic (exact) mass is 453 g/mol. The highest BCUT2D eigenvalue weighted by atomic mass is 32.2. The number of benzene rings is 2. The third-order valence-corrected chi connectivity index (χ3v) is 7.74. The van der Waals surface area contributed by atoms with Crippen molar-refractivity contribution in [1.29, 1.82) is 0 Å². The topological polar surface area (TPSA) is 18.5 Å². The number of anilines is 2. The largest absolute Gasteiger partial charge is 0.376 e. The molecule has 2 aromatic carbocycles. The smallest absolute Gasteiger partial charge is 0.106 e. The van der Waals surface area contributed by atoms with E-state index < -0.39 is 0 Å². The van der Waals surface area contributed by atoms with E-state index in [1.54, 1.807) is 0 Å². The lowest BCUT2D eigenvalue weighted by molar-refractivity contribution is 0.319. The number of likely N-dealkylation sites (tertiary alicyclic amines) is 1. The van der Waals surface area contributed by atoms with Gasteiger partial charge in [0, 0.05) is 34.5 Å². The van der Waals surface area contributed by atoms with Gasteiger partial charge in [0.2, 0.25) is 0 Å². The van der Waals surface area contributed by atoms with E-state index in [2.05, 4.69) is 78.4 Å². The molecule has 0 aromatic heterocycles. The second kappa shape index (κ2) is 10.4. The first-order chi connectivity index (χ1) is 15.0. The molecular formula is C26H35N3S2. The predicted molar refractivity (Wildman–Crippen MR) is 138 cm³/mol. The van der Waals surface area contributed by atoms with Crippen LogP contribution in [0.25, 0.3) is 0 Å². The average molecular weight is 454 g/mol. The summed E-state index contributed by atoms with van der Waals surface area (Å²) in [7, 11) is 0. The van der Waals surface area contributed by atoms with Crippen LogP contribution in [-0.2, 0) is 0 Å². The molecule has 3 nitrogen and oxygen atoms in total. The van der Waals surface area contributed by atoms with E-state index in [0.29, 0.717) is 6.04 Å².